The molecule has 0 aliphatic heterocycles. The van der Waals surface area contributed by atoms with Gasteiger partial charge < -0.3 is 5.11 Å². The van der Waals surface area contributed by atoms with Crippen molar-refractivity contribution in [2.45, 2.75) is 30.8 Å². The second-order valence-corrected chi connectivity index (χ2v) is 5.50. The number of aliphatic hydroxyl groups is 1. The molecule has 1 aliphatic rings. The average Bonchev–Trinajstić information content (AvgIpc) is 2.58. The first kappa shape index (κ1) is 11.0. The van der Waals surface area contributed by atoms with Gasteiger partial charge in [-0.15, -0.1) is 11.8 Å². The topological polar surface area (TPSA) is 20.2 Å². The van der Waals surface area contributed by atoms with Crippen molar-refractivity contribution in [3.05, 3.63) is 30.3 Å². The smallest absolute Gasteiger partial charge is 0.0579 e. The normalized spacial score (nSPS) is 30.7. The van der Waals surface area contributed by atoms with Crippen molar-refractivity contribution in [2.75, 3.05) is 5.75 Å². The van der Waals surface area contributed by atoms with Gasteiger partial charge in [0.1, 0.15) is 0 Å². The molecule has 0 saturated heterocycles. The Balaban J connectivity index is 1.88. The first-order valence-electron chi connectivity index (χ1n) is 5.63. The van der Waals surface area contributed by atoms with Gasteiger partial charge in [-0.3, -0.25) is 0 Å². The van der Waals surface area contributed by atoms with Crippen LogP contribution in [0.4, 0.5) is 0 Å². The standard InChI is InChI=1S/C13H18OS/c1-10-7-8-13(14)12(10)9-15-11-5-3-2-4-6-11/h2-6,10,12-14H,7-9H2,1H3/t10-,12+,13-/m0/s1. The van der Waals surface area contributed by atoms with Crippen molar-refractivity contribution in [1.82, 2.24) is 0 Å². The highest BCUT2D eigenvalue weighted by atomic mass is 32.2. The molecule has 0 spiro atoms. The van der Waals surface area contributed by atoms with Gasteiger partial charge in [-0.1, -0.05) is 25.1 Å². The summed E-state index contributed by atoms with van der Waals surface area (Å²) in [5.41, 5.74) is 0. The van der Waals surface area contributed by atoms with E-state index in [2.05, 4.69) is 31.2 Å². The summed E-state index contributed by atoms with van der Waals surface area (Å²) in [4.78, 5) is 1.31. The summed E-state index contributed by atoms with van der Waals surface area (Å²) < 4.78 is 0. The van der Waals surface area contributed by atoms with Crippen LogP contribution in [0.2, 0.25) is 0 Å². The minimum absolute atomic E-state index is 0.0730. The van der Waals surface area contributed by atoms with Crippen molar-refractivity contribution in [3.8, 4) is 0 Å². The second kappa shape index (κ2) is 5.04. The summed E-state index contributed by atoms with van der Waals surface area (Å²) in [6.45, 7) is 2.26. The van der Waals surface area contributed by atoms with E-state index in [4.69, 9.17) is 0 Å². The van der Waals surface area contributed by atoms with Crippen LogP contribution in [-0.2, 0) is 0 Å². The van der Waals surface area contributed by atoms with Gasteiger partial charge in [0, 0.05) is 10.6 Å². The second-order valence-electron chi connectivity index (χ2n) is 4.41. The van der Waals surface area contributed by atoms with Gasteiger partial charge >= 0.3 is 0 Å². The van der Waals surface area contributed by atoms with Crippen molar-refractivity contribution in [2.24, 2.45) is 11.8 Å². The number of hydrogen-bond donors (Lipinski definition) is 1. The number of benzene rings is 1. The van der Waals surface area contributed by atoms with E-state index in [-0.39, 0.29) is 6.10 Å². The fourth-order valence-electron chi connectivity index (χ4n) is 2.23. The van der Waals surface area contributed by atoms with Gasteiger partial charge in [0.05, 0.1) is 6.10 Å². The quantitative estimate of drug-likeness (QED) is 0.793. The third kappa shape index (κ3) is 2.76. The Kier molecular flexibility index (Phi) is 3.71. The Morgan fingerprint density at radius 2 is 2.00 bits per heavy atom. The Labute approximate surface area is 95.9 Å². The Bertz CT molecular complexity index is 289. The molecular formula is C13H18OS. The maximum Gasteiger partial charge on any atom is 0.0579 e. The molecule has 0 radical (unpaired) electrons. The van der Waals surface area contributed by atoms with E-state index in [0.717, 1.165) is 12.2 Å². The van der Waals surface area contributed by atoms with Crippen molar-refractivity contribution in [1.29, 1.82) is 0 Å². The molecule has 82 valence electrons. The number of thioether (sulfide) groups is 1. The third-order valence-corrected chi connectivity index (χ3v) is 4.49. The third-order valence-electron chi connectivity index (χ3n) is 3.33. The maximum absolute atomic E-state index is 9.82. The van der Waals surface area contributed by atoms with Crippen molar-refractivity contribution >= 4 is 11.8 Å². The highest BCUT2D eigenvalue weighted by Crippen LogP contribution is 2.35. The summed E-state index contributed by atoms with van der Waals surface area (Å²) in [5.74, 6) is 2.21. The fourth-order valence-corrected chi connectivity index (χ4v) is 3.51. The molecule has 1 nitrogen and oxygen atoms in total. The first-order valence-corrected chi connectivity index (χ1v) is 6.62. The monoisotopic (exact) mass is 222 g/mol. The minimum Gasteiger partial charge on any atom is -0.393 e. The van der Waals surface area contributed by atoms with Crippen LogP contribution in [0, 0.1) is 11.8 Å². The summed E-state index contributed by atoms with van der Waals surface area (Å²) in [6.07, 6.45) is 2.10. The zero-order chi connectivity index (χ0) is 10.7. The van der Waals surface area contributed by atoms with Crippen LogP contribution < -0.4 is 0 Å². The molecule has 0 bridgehead atoms. The van der Waals surface area contributed by atoms with Crippen LogP contribution in [0.15, 0.2) is 35.2 Å². The van der Waals surface area contributed by atoms with E-state index >= 15 is 0 Å². The Morgan fingerprint density at radius 3 is 2.60 bits per heavy atom. The zero-order valence-electron chi connectivity index (χ0n) is 9.10. The molecule has 0 heterocycles. The molecular weight excluding hydrogens is 204 g/mol. The van der Waals surface area contributed by atoms with E-state index in [1.807, 2.05) is 17.8 Å². The van der Waals surface area contributed by atoms with Crippen LogP contribution in [0.25, 0.3) is 0 Å². The molecule has 0 aromatic heterocycles. The minimum atomic E-state index is -0.0730. The lowest BCUT2D eigenvalue weighted by Gasteiger charge is -2.18. The van der Waals surface area contributed by atoms with E-state index in [1.165, 1.54) is 11.3 Å². The molecule has 2 rings (SSSR count). The van der Waals surface area contributed by atoms with Gasteiger partial charge in [-0.2, -0.15) is 0 Å². The molecule has 3 atom stereocenters. The Hall–Kier alpha value is -0.470. The molecule has 2 heteroatoms. The lowest BCUT2D eigenvalue weighted by atomic mass is 9.99. The largest absolute Gasteiger partial charge is 0.393 e. The predicted molar refractivity (Wildman–Crippen MR) is 65.1 cm³/mol. The lowest BCUT2D eigenvalue weighted by Crippen LogP contribution is -2.19. The van der Waals surface area contributed by atoms with E-state index < -0.39 is 0 Å². The summed E-state index contributed by atoms with van der Waals surface area (Å²) >= 11 is 1.87. The zero-order valence-corrected chi connectivity index (χ0v) is 9.91. The van der Waals surface area contributed by atoms with Crippen LogP contribution in [-0.4, -0.2) is 17.0 Å². The Morgan fingerprint density at radius 1 is 1.27 bits per heavy atom. The van der Waals surface area contributed by atoms with E-state index in [9.17, 15) is 5.11 Å². The molecule has 0 amide bonds. The van der Waals surface area contributed by atoms with E-state index in [0.29, 0.717) is 11.8 Å². The van der Waals surface area contributed by atoms with Gasteiger partial charge in [-0.25, -0.2) is 0 Å². The van der Waals surface area contributed by atoms with Gasteiger partial charge in [0.2, 0.25) is 0 Å². The molecule has 1 aromatic carbocycles. The highest BCUT2D eigenvalue weighted by Gasteiger charge is 2.31. The van der Waals surface area contributed by atoms with Gasteiger partial charge in [0.15, 0.2) is 0 Å². The first-order chi connectivity index (χ1) is 7.27. The molecule has 1 fully saturated rings. The molecule has 1 N–H and O–H groups in total. The van der Waals surface area contributed by atoms with Crippen LogP contribution in [0.1, 0.15) is 19.8 Å². The maximum atomic E-state index is 9.82. The average molecular weight is 222 g/mol. The van der Waals surface area contributed by atoms with E-state index in [1.54, 1.807) is 0 Å². The molecule has 1 aliphatic carbocycles. The van der Waals surface area contributed by atoms with Crippen LogP contribution in [0.3, 0.4) is 0 Å². The molecule has 1 aromatic rings. The summed E-state index contributed by atoms with van der Waals surface area (Å²) in [5, 5.41) is 9.82. The number of rotatable bonds is 3. The van der Waals surface area contributed by atoms with Crippen molar-refractivity contribution in [3.63, 3.8) is 0 Å². The van der Waals surface area contributed by atoms with Gasteiger partial charge in [-0.05, 0) is 36.8 Å². The number of aliphatic hydroxyl groups excluding tert-OH is 1. The van der Waals surface area contributed by atoms with Crippen molar-refractivity contribution < 1.29 is 5.11 Å². The predicted octanol–water partition coefficient (Wildman–Crippen LogP) is 3.19. The van der Waals surface area contributed by atoms with Crippen LogP contribution >= 0.6 is 11.8 Å². The summed E-state index contributed by atoms with van der Waals surface area (Å²) in [6, 6.07) is 10.4. The fraction of sp³-hybridized carbons (Fsp3) is 0.538. The van der Waals surface area contributed by atoms with Gasteiger partial charge in [0.25, 0.3) is 0 Å². The number of hydrogen-bond acceptors (Lipinski definition) is 2. The molecule has 0 unspecified atom stereocenters. The highest BCUT2D eigenvalue weighted by molar-refractivity contribution is 7.99. The van der Waals surface area contributed by atoms with Crippen LogP contribution in [0.5, 0.6) is 0 Å². The summed E-state index contributed by atoms with van der Waals surface area (Å²) in [7, 11) is 0. The molecule has 1 saturated carbocycles. The SMILES string of the molecule is C[C@H]1CC[C@H](O)[C@@H]1CSc1ccccc1. The lowest BCUT2D eigenvalue weighted by molar-refractivity contribution is 0.132. The molecule has 15 heavy (non-hydrogen) atoms.